The number of rotatable bonds is 6. The summed E-state index contributed by atoms with van der Waals surface area (Å²) in [5.74, 6) is -0.378. The van der Waals surface area contributed by atoms with Crippen LogP contribution in [0.1, 0.15) is 34.8 Å². The number of esters is 1. The van der Waals surface area contributed by atoms with Crippen LogP contribution in [0.4, 0.5) is 0 Å². The third-order valence-corrected chi connectivity index (χ3v) is 6.02. The van der Waals surface area contributed by atoms with Crippen LogP contribution in [0.2, 0.25) is 0 Å². The summed E-state index contributed by atoms with van der Waals surface area (Å²) in [5, 5.41) is 5.35. The molecule has 1 amide bonds. The maximum absolute atomic E-state index is 12.7. The van der Waals surface area contributed by atoms with E-state index < -0.39 is 0 Å². The van der Waals surface area contributed by atoms with Crippen molar-refractivity contribution in [3.63, 3.8) is 0 Å². The first kappa shape index (κ1) is 21.7. The first-order valence-corrected chi connectivity index (χ1v) is 10.8. The van der Waals surface area contributed by atoms with Crippen LogP contribution in [0.15, 0.2) is 67.0 Å². The lowest BCUT2D eigenvalue weighted by Crippen LogP contribution is -2.46. The van der Waals surface area contributed by atoms with Gasteiger partial charge in [0.2, 0.25) is 5.91 Å². The number of methoxy groups -OCH3 is 1. The van der Waals surface area contributed by atoms with Gasteiger partial charge in [-0.3, -0.25) is 14.7 Å². The fourth-order valence-corrected chi connectivity index (χ4v) is 4.03. The van der Waals surface area contributed by atoms with Crippen molar-refractivity contribution in [2.45, 2.75) is 25.9 Å². The summed E-state index contributed by atoms with van der Waals surface area (Å²) in [5.41, 5.74) is 3.88. The highest BCUT2D eigenvalue weighted by molar-refractivity contribution is 5.93. The van der Waals surface area contributed by atoms with Gasteiger partial charge in [-0.2, -0.15) is 0 Å². The van der Waals surface area contributed by atoms with E-state index in [0.717, 1.165) is 30.5 Å². The van der Waals surface area contributed by atoms with E-state index >= 15 is 0 Å². The molecule has 2 heterocycles. The van der Waals surface area contributed by atoms with Crippen LogP contribution < -0.4 is 5.32 Å². The van der Waals surface area contributed by atoms with Gasteiger partial charge >= 0.3 is 5.97 Å². The average Bonchev–Trinajstić information content (AvgIpc) is 2.86. The van der Waals surface area contributed by atoms with Gasteiger partial charge in [0.05, 0.1) is 18.7 Å². The van der Waals surface area contributed by atoms with Crippen LogP contribution in [0.5, 0.6) is 0 Å². The minimum absolute atomic E-state index is 0.00859. The van der Waals surface area contributed by atoms with E-state index in [-0.39, 0.29) is 17.9 Å². The Labute approximate surface area is 187 Å². The number of carbonyl (C=O) groups is 2. The monoisotopic (exact) mass is 429 g/mol. The second-order valence-electron chi connectivity index (χ2n) is 7.96. The van der Waals surface area contributed by atoms with Gasteiger partial charge in [0, 0.05) is 43.0 Å². The number of fused-ring (bicyclic) bond motifs is 1. The molecule has 32 heavy (non-hydrogen) atoms. The molecule has 4 rings (SSSR count). The fourth-order valence-electron chi connectivity index (χ4n) is 4.03. The van der Waals surface area contributed by atoms with Crippen molar-refractivity contribution < 1.29 is 14.3 Å². The molecule has 0 bridgehead atoms. The number of aromatic nitrogens is 1. The van der Waals surface area contributed by atoms with Crippen molar-refractivity contribution in [2.24, 2.45) is 0 Å². The lowest BCUT2D eigenvalue weighted by atomic mass is 9.96. The number of ether oxygens (including phenoxy) is 1. The first-order valence-electron chi connectivity index (χ1n) is 10.8. The molecule has 6 heteroatoms. The Morgan fingerprint density at radius 3 is 2.62 bits per heavy atom. The average molecular weight is 430 g/mol. The molecular weight excluding hydrogens is 402 g/mol. The van der Waals surface area contributed by atoms with Crippen molar-refractivity contribution >= 4 is 28.2 Å². The van der Waals surface area contributed by atoms with Gasteiger partial charge in [0.25, 0.3) is 0 Å². The Balaban J connectivity index is 1.35. The number of carbonyl (C=O) groups excluding carboxylic acids is 2. The Kier molecular flexibility index (Phi) is 6.61. The van der Waals surface area contributed by atoms with E-state index in [4.69, 9.17) is 4.74 Å². The first-order chi connectivity index (χ1) is 15.6. The molecule has 0 saturated heterocycles. The number of nitrogens with one attached hydrogen (secondary N) is 1. The molecular formula is C26H27N3O3. The predicted octanol–water partition coefficient (Wildman–Crippen LogP) is 3.82. The van der Waals surface area contributed by atoms with Crippen LogP contribution in [0.25, 0.3) is 16.3 Å². The van der Waals surface area contributed by atoms with Gasteiger partial charge in [-0.1, -0.05) is 42.5 Å². The smallest absolute Gasteiger partial charge is 0.337 e. The van der Waals surface area contributed by atoms with Gasteiger partial charge in [-0.05, 0) is 42.0 Å². The molecule has 1 unspecified atom stereocenters. The van der Waals surface area contributed by atoms with E-state index in [1.807, 2.05) is 37.5 Å². The summed E-state index contributed by atoms with van der Waals surface area (Å²) in [6, 6.07) is 15.1. The molecule has 1 aliphatic rings. The molecule has 1 aliphatic heterocycles. The summed E-state index contributed by atoms with van der Waals surface area (Å²) in [6.07, 6.45) is 6.92. The van der Waals surface area contributed by atoms with E-state index in [9.17, 15) is 9.59 Å². The highest BCUT2D eigenvalue weighted by atomic mass is 16.5. The van der Waals surface area contributed by atoms with Crippen molar-refractivity contribution in [1.82, 2.24) is 15.2 Å². The third-order valence-electron chi connectivity index (χ3n) is 6.02. The van der Waals surface area contributed by atoms with Gasteiger partial charge in [-0.25, -0.2) is 4.79 Å². The SMILES string of the molecule is COC(=O)c1ccc(CNC(=O)C(C)N2CC=C(c3cncc4ccccc34)CC2)cc1. The molecule has 6 nitrogen and oxygen atoms in total. The summed E-state index contributed by atoms with van der Waals surface area (Å²) in [7, 11) is 1.36. The molecule has 164 valence electrons. The van der Waals surface area contributed by atoms with Crippen molar-refractivity contribution in [1.29, 1.82) is 0 Å². The molecule has 0 fully saturated rings. The fraction of sp³-hybridized carbons (Fsp3) is 0.269. The summed E-state index contributed by atoms with van der Waals surface area (Å²) in [6.45, 7) is 3.90. The van der Waals surface area contributed by atoms with Gasteiger partial charge in [0.1, 0.15) is 0 Å². The number of hydrogen-bond donors (Lipinski definition) is 1. The lowest BCUT2D eigenvalue weighted by Gasteiger charge is -2.31. The summed E-state index contributed by atoms with van der Waals surface area (Å²) in [4.78, 5) is 30.8. The summed E-state index contributed by atoms with van der Waals surface area (Å²) >= 11 is 0. The zero-order valence-corrected chi connectivity index (χ0v) is 18.4. The maximum Gasteiger partial charge on any atom is 0.337 e. The van der Waals surface area contributed by atoms with E-state index in [0.29, 0.717) is 12.1 Å². The number of amides is 1. The van der Waals surface area contributed by atoms with Crippen molar-refractivity contribution in [3.8, 4) is 0 Å². The van der Waals surface area contributed by atoms with Gasteiger partial charge < -0.3 is 10.1 Å². The maximum atomic E-state index is 12.7. The van der Waals surface area contributed by atoms with Crippen molar-refractivity contribution in [3.05, 3.63) is 83.7 Å². The van der Waals surface area contributed by atoms with Crippen molar-refractivity contribution in [2.75, 3.05) is 20.2 Å². The zero-order valence-electron chi connectivity index (χ0n) is 18.4. The molecule has 1 aromatic heterocycles. The molecule has 2 aromatic carbocycles. The van der Waals surface area contributed by atoms with Crippen LogP contribution in [-0.4, -0.2) is 48.0 Å². The van der Waals surface area contributed by atoms with Gasteiger partial charge in [-0.15, -0.1) is 0 Å². The minimum atomic E-state index is -0.369. The van der Waals surface area contributed by atoms with Crippen LogP contribution in [0.3, 0.4) is 0 Å². The zero-order chi connectivity index (χ0) is 22.5. The summed E-state index contributed by atoms with van der Waals surface area (Å²) < 4.78 is 4.71. The number of hydrogen-bond acceptors (Lipinski definition) is 5. The highest BCUT2D eigenvalue weighted by Crippen LogP contribution is 2.28. The minimum Gasteiger partial charge on any atom is -0.465 e. The molecule has 0 spiro atoms. The Hall–Kier alpha value is -3.51. The quantitative estimate of drug-likeness (QED) is 0.603. The van der Waals surface area contributed by atoms with Crippen LogP contribution in [-0.2, 0) is 16.1 Å². The number of nitrogens with zero attached hydrogens (tertiary/aromatic N) is 2. The Morgan fingerprint density at radius 2 is 1.91 bits per heavy atom. The molecule has 1 N–H and O–H groups in total. The molecule has 0 radical (unpaired) electrons. The standard InChI is InChI=1S/C26H27N3O3/c1-18(25(30)28-15-19-7-9-21(10-8-19)26(31)32-2)29-13-11-20(12-14-29)24-17-27-16-22-5-3-4-6-23(22)24/h3-11,16-18H,12-15H2,1-2H3,(H,28,30). The van der Waals surface area contributed by atoms with E-state index in [2.05, 4.69) is 39.5 Å². The normalized spacial score (nSPS) is 15.1. The Morgan fingerprint density at radius 1 is 1.12 bits per heavy atom. The largest absolute Gasteiger partial charge is 0.465 e. The second-order valence-corrected chi connectivity index (χ2v) is 7.96. The van der Waals surface area contributed by atoms with E-state index in [1.54, 1.807) is 12.1 Å². The lowest BCUT2D eigenvalue weighted by molar-refractivity contribution is -0.125. The number of pyridine rings is 1. The molecule has 3 aromatic rings. The number of benzene rings is 2. The molecule has 0 aliphatic carbocycles. The van der Waals surface area contributed by atoms with Crippen LogP contribution >= 0.6 is 0 Å². The van der Waals surface area contributed by atoms with E-state index in [1.165, 1.54) is 23.6 Å². The topological polar surface area (TPSA) is 71.5 Å². The van der Waals surface area contributed by atoms with Gasteiger partial charge in [0.15, 0.2) is 0 Å². The molecule has 0 saturated carbocycles. The van der Waals surface area contributed by atoms with Crippen LogP contribution in [0, 0.1) is 0 Å². The Bertz CT molecular complexity index is 1150. The third kappa shape index (κ3) is 4.70. The predicted molar refractivity (Wildman–Crippen MR) is 125 cm³/mol. The second kappa shape index (κ2) is 9.75. The molecule has 1 atom stereocenters. The highest BCUT2D eigenvalue weighted by Gasteiger charge is 2.23.